The molecule has 1 aliphatic heterocycles. The number of nitrogens with one attached hydrogen (secondary N) is 1. The van der Waals surface area contributed by atoms with Crippen LogP contribution >= 0.6 is 0 Å². The van der Waals surface area contributed by atoms with Crippen LogP contribution in [0, 0.1) is 0 Å². The van der Waals surface area contributed by atoms with Gasteiger partial charge in [-0.1, -0.05) is 0 Å². The number of β-amino-alcohol motifs (C(OH)–C–C–N with tert-alkyl or cyclic N) is 1. The summed E-state index contributed by atoms with van der Waals surface area (Å²) in [6.07, 6.45) is -0.515. The standard InChI is InChI=1S/C12H22N2O4/c1-7(10(16)13-12(2,3)4)14-6-8(15)5-9(14)11(17)18/h7-9,15H,5-6H2,1-4H3,(H,13,16)(H,17,18). The summed E-state index contributed by atoms with van der Waals surface area (Å²) in [5.41, 5.74) is -0.359. The summed E-state index contributed by atoms with van der Waals surface area (Å²) in [5.74, 6) is -1.22. The molecule has 18 heavy (non-hydrogen) atoms. The molecule has 1 aliphatic rings. The van der Waals surface area contributed by atoms with Gasteiger partial charge in [-0.15, -0.1) is 0 Å². The molecule has 0 bridgehead atoms. The maximum absolute atomic E-state index is 12.0. The molecule has 1 amide bonds. The fourth-order valence-electron chi connectivity index (χ4n) is 2.13. The van der Waals surface area contributed by atoms with Crippen LogP contribution in [0.15, 0.2) is 0 Å². The number of aliphatic hydroxyl groups excluding tert-OH is 1. The Bertz CT molecular complexity index is 337. The van der Waals surface area contributed by atoms with E-state index in [-0.39, 0.29) is 24.4 Å². The summed E-state index contributed by atoms with van der Waals surface area (Å²) in [5, 5.41) is 21.4. The molecule has 104 valence electrons. The molecule has 3 N–H and O–H groups in total. The number of likely N-dealkylation sites (tertiary alicyclic amines) is 1. The topological polar surface area (TPSA) is 89.9 Å². The number of aliphatic hydroxyl groups is 1. The smallest absolute Gasteiger partial charge is 0.321 e. The molecule has 3 unspecified atom stereocenters. The number of aliphatic carboxylic acids is 1. The van der Waals surface area contributed by atoms with Crippen LogP contribution < -0.4 is 5.32 Å². The molecule has 1 fully saturated rings. The Kier molecular flexibility index (Phi) is 4.34. The minimum absolute atomic E-state index is 0.169. The van der Waals surface area contributed by atoms with Gasteiger partial charge in [0.1, 0.15) is 6.04 Å². The van der Waals surface area contributed by atoms with Gasteiger partial charge in [0.15, 0.2) is 0 Å². The van der Waals surface area contributed by atoms with E-state index in [9.17, 15) is 14.7 Å². The first-order valence-electron chi connectivity index (χ1n) is 6.10. The van der Waals surface area contributed by atoms with Crippen molar-refractivity contribution in [2.24, 2.45) is 0 Å². The van der Waals surface area contributed by atoms with Gasteiger partial charge in [0.05, 0.1) is 12.1 Å². The van der Waals surface area contributed by atoms with E-state index in [2.05, 4.69) is 5.32 Å². The van der Waals surface area contributed by atoms with E-state index in [4.69, 9.17) is 5.11 Å². The van der Waals surface area contributed by atoms with Crippen LogP contribution in [0.2, 0.25) is 0 Å². The van der Waals surface area contributed by atoms with E-state index in [0.717, 1.165) is 0 Å². The molecule has 1 rings (SSSR count). The van der Waals surface area contributed by atoms with Gasteiger partial charge in [-0.25, -0.2) is 0 Å². The van der Waals surface area contributed by atoms with Gasteiger partial charge in [-0.3, -0.25) is 14.5 Å². The average molecular weight is 258 g/mol. The predicted octanol–water partition coefficient (Wildman–Crippen LogP) is -0.191. The van der Waals surface area contributed by atoms with E-state index in [1.54, 1.807) is 6.92 Å². The molecule has 0 spiro atoms. The zero-order valence-electron chi connectivity index (χ0n) is 11.3. The first-order valence-corrected chi connectivity index (χ1v) is 6.10. The monoisotopic (exact) mass is 258 g/mol. The number of hydrogen-bond donors (Lipinski definition) is 3. The maximum Gasteiger partial charge on any atom is 0.321 e. The third-order valence-electron chi connectivity index (χ3n) is 2.98. The van der Waals surface area contributed by atoms with Crippen molar-refractivity contribution < 1.29 is 19.8 Å². The number of carbonyl (C=O) groups is 2. The van der Waals surface area contributed by atoms with E-state index in [0.29, 0.717) is 0 Å². The van der Waals surface area contributed by atoms with Crippen LogP contribution in [-0.4, -0.2) is 57.3 Å². The van der Waals surface area contributed by atoms with Gasteiger partial charge in [0.2, 0.25) is 5.91 Å². The second-order valence-corrected chi connectivity index (χ2v) is 5.86. The second kappa shape index (κ2) is 5.24. The Morgan fingerprint density at radius 2 is 1.94 bits per heavy atom. The minimum Gasteiger partial charge on any atom is -0.480 e. The second-order valence-electron chi connectivity index (χ2n) is 5.86. The summed E-state index contributed by atoms with van der Waals surface area (Å²) in [6.45, 7) is 7.48. The normalized spacial score (nSPS) is 26.9. The molecule has 3 atom stereocenters. The third-order valence-corrected chi connectivity index (χ3v) is 2.98. The van der Waals surface area contributed by atoms with Crippen molar-refractivity contribution in [3.8, 4) is 0 Å². The average Bonchev–Trinajstić information content (AvgIpc) is 2.56. The maximum atomic E-state index is 12.0. The van der Waals surface area contributed by atoms with Crippen molar-refractivity contribution in [2.45, 2.75) is 57.8 Å². The zero-order valence-corrected chi connectivity index (χ0v) is 11.3. The number of nitrogens with zero attached hydrogens (tertiary/aromatic N) is 1. The summed E-state index contributed by atoms with van der Waals surface area (Å²) in [6, 6.07) is -1.36. The molecule has 0 saturated carbocycles. The number of carboxylic acid groups (broad SMARTS) is 1. The van der Waals surface area contributed by atoms with Gasteiger partial charge < -0.3 is 15.5 Å². The molecule has 0 aliphatic carbocycles. The number of amides is 1. The first-order chi connectivity index (χ1) is 8.11. The van der Waals surface area contributed by atoms with E-state index in [1.165, 1.54) is 4.90 Å². The van der Waals surface area contributed by atoms with Crippen LogP contribution in [0.25, 0.3) is 0 Å². The molecule has 0 aromatic rings. The van der Waals surface area contributed by atoms with Crippen molar-refractivity contribution >= 4 is 11.9 Å². The fourth-order valence-corrected chi connectivity index (χ4v) is 2.13. The Labute approximate surface area is 107 Å². The quantitative estimate of drug-likeness (QED) is 0.653. The molecule has 6 heteroatoms. The molecule has 1 heterocycles. The Morgan fingerprint density at radius 3 is 2.39 bits per heavy atom. The minimum atomic E-state index is -0.998. The summed E-state index contributed by atoms with van der Waals surface area (Å²) in [4.78, 5) is 24.6. The van der Waals surface area contributed by atoms with Gasteiger partial charge in [0.25, 0.3) is 0 Å². The molecule has 0 aromatic carbocycles. The SMILES string of the molecule is CC(C(=O)NC(C)(C)C)N1CC(O)CC1C(=O)O. The third kappa shape index (κ3) is 3.68. The van der Waals surface area contributed by atoms with Crippen molar-refractivity contribution in [2.75, 3.05) is 6.54 Å². The van der Waals surface area contributed by atoms with Crippen LogP contribution in [0.5, 0.6) is 0 Å². The lowest BCUT2D eigenvalue weighted by atomic mass is 10.1. The van der Waals surface area contributed by atoms with Gasteiger partial charge in [-0.05, 0) is 27.7 Å². The van der Waals surface area contributed by atoms with E-state index >= 15 is 0 Å². The summed E-state index contributed by atoms with van der Waals surface area (Å²) >= 11 is 0. The molecule has 6 nitrogen and oxygen atoms in total. The molecular formula is C12H22N2O4. The number of carboxylic acids is 1. The predicted molar refractivity (Wildman–Crippen MR) is 66.1 cm³/mol. The molecular weight excluding hydrogens is 236 g/mol. The van der Waals surface area contributed by atoms with Crippen molar-refractivity contribution in [3.05, 3.63) is 0 Å². The van der Waals surface area contributed by atoms with Crippen molar-refractivity contribution in [3.63, 3.8) is 0 Å². The van der Waals surface area contributed by atoms with Gasteiger partial charge >= 0.3 is 5.97 Å². The lowest BCUT2D eigenvalue weighted by Gasteiger charge is -2.30. The number of hydrogen-bond acceptors (Lipinski definition) is 4. The Hall–Kier alpha value is -1.14. The molecule has 1 saturated heterocycles. The number of carbonyl (C=O) groups excluding carboxylic acids is 1. The van der Waals surface area contributed by atoms with Crippen LogP contribution in [-0.2, 0) is 9.59 Å². The Balaban J connectivity index is 2.73. The van der Waals surface area contributed by atoms with Crippen LogP contribution in [0.3, 0.4) is 0 Å². The highest BCUT2D eigenvalue weighted by Gasteiger charge is 2.40. The lowest BCUT2D eigenvalue weighted by molar-refractivity contribution is -0.144. The highest BCUT2D eigenvalue weighted by molar-refractivity contribution is 5.83. The van der Waals surface area contributed by atoms with Gasteiger partial charge in [0, 0.05) is 18.5 Å². The molecule has 0 radical (unpaired) electrons. The largest absolute Gasteiger partial charge is 0.480 e. The zero-order chi connectivity index (χ0) is 14.1. The van der Waals surface area contributed by atoms with Crippen LogP contribution in [0.1, 0.15) is 34.1 Å². The van der Waals surface area contributed by atoms with Gasteiger partial charge in [-0.2, -0.15) is 0 Å². The Morgan fingerprint density at radius 1 is 1.39 bits per heavy atom. The lowest BCUT2D eigenvalue weighted by Crippen LogP contribution is -2.53. The van der Waals surface area contributed by atoms with E-state index < -0.39 is 24.2 Å². The summed E-state index contributed by atoms with van der Waals surface area (Å²) in [7, 11) is 0. The highest BCUT2D eigenvalue weighted by atomic mass is 16.4. The highest BCUT2D eigenvalue weighted by Crippen LogP contribution is 2.21. The summed E-state index contributed by atoms with van der Waals surface area (Å²) < 4.78 is 0. The van der Waals surface area contributed by atoms with Crippen molar-refractivity contribution in [1.82, 2.24) is 10.2 Å². The number of rotatable bonds is 3. The van der Waals surface area contributed by atoms with Crippen molar-refractivity contribution in [1.29, 1.82) is 0 Å². The fraction of sp³-hybridized carbons (Fsp3) is 0.833. The first kappa shape index (κ1) is 14.9. The van der Waals surface area contributed by atoms with E-state index in [1.807, 2.05) is 20.8 Å². The van der Waals surface area contributed by atoms with Crippen LogP contribution in [0.4, 0.5) is 0 Å². The molecule has 0 aromatic heterocycles.